The van der Waals surface area contributed by atoms with Crippen LogP contribution in [0.5, 0.6) is 0 Å². The van der Waals surface area contributed by atoms with E-state index < -0.39 is 0 Å². The quantitative estimate of drug-likeness (QED) is 0.476. The third kappa shape index (κ3) is 5.92. The predicted molar refractivity (Wildman–Crippen MR) is 73.7 cm³/mol. The van der Waals surface area contributed by atoms with Gasteiger partial charge in [0.1, 0.15) is 0 Å². The van der Waals surface area contributed by atoms with Crippen LogP contribution in [0.15, 0.2) is 0 Å². The highest BCUT2D eigenvalue weighted by molar-refractivity contribution is 4.73. The van der Waals surface area contributed by atoms with Gasteiger partial charge < -0.3 is 0 Å². The molecule has 0 heterocycles. The maximum Gasteiger partial charge on any atom is -0.0354 e. The normalized spacial score (nSPS) is 27.8. The summed E-state index contributed by atoms with van der Waals surface area (Å²) in [5.74, 6) is 0. The lowest BCUT2D eigenvalue weighted by Crippen LogP contribution is -2.14. The molecule has 2 aliphatic rings. The highest BCUT2D eigenvalue weighted by Gasteiger charge is 2.20. The molecule has 2 fully saturated rings. The molecule has 0 spiro atoms. The van der Waals surface area contributed by atoms with E-state index in [1.165, 1.54) is 64.2 Å². The number of hydrogen-bond acceptors (Lipinski definition) is 0. The van der Waals surface area contributed by atoms with Crippen molar-refractivity contribution in [2.75, 3.05) is 0 Å². The first-order chi connectivity index (χ1) is 7.41. The zero-order chi connectivity index (χ0) is 12.1. The summed E-state index contributed by atoms with van der Waals surface area (Å²) in [6.07, 6.45) is 14.6. The van der Waals surface area contributed by atoms with Gasteiger partial charge in [-0.15, -0.1) is 0 Å². The van der Waals surface area contributed by atoms with E-state index >= 15 is 0 Å². The average Bonchev–Trinajstić information content (AvgIpc) is 2.17. The van der Waals surface area contributed by atoms with Crippen LogP contribution in [0.2, 0.25) is 0 Å². The third-order valence-corrected chi connectivity index (χ3v) is 4.41. The van der Waals surface area contributed by atoms with Crippen LogP contribution >= 0.6 is 0 Å². The van der Waals surface area contributed by atoms with Gasteiger partial charge in [-0.3, -0.25) is 0 Å². The van der Waals surface area contributed by atoms with E-state index in [1.54, 1.807) is 0 Å². The van der Waals surface area contributed by atoms with Crippen LogP contribution in [0.4, 0.5) is 0 Å². The fourth-order valence-corrected chi connectivity index (χ4v) is 3.02. The summed E-state index contributed by atoms with van der Waals surface area (Å²) in [7, 11) is 0. The minimum atomic E-state index is 0.679. The summed E-state index contributed by atoms with van der Waals surface area (Å²) < 4.78 is 0. The van der Waals surface area contributed by atoms with Gasteiger partial charge in [0, 0.05) is 0 Å². The lowest BCUT2D eigenvalue weighted by molar-refractivity contribution is 0.244. The van der Waals surface area contributed by atoms with Crippen molar-refractivity contribution in [3.05, 3.63) is 0 Å². The van der Waals surface area contributed by atoms with Crippen LogP contribution in [0.1, 0.15) is 91.9 Å². The third-order valence-electron chi connectivity index (χ3n) is 4.41. The highest BCUT2D eigenvalue weighted by atomic mass is 14.3. The van der Waals surface area contributed by atoms with Crippen molar-refractivity contribution in [3.8, 4) is 0 Å². The van der Waals surface area contributed by atoms with E-state index in [0.717, 1.165) is 0 Å². The van der Waals surface area contributed by atoms with Crippen LogP contribution in [0, 0.1) is 10.8 Å². The molecular weight excluding hydrogens is 192 g/mol. The Balaban J connectivity index is 0.000000160. The maximum absolute atomic E-state index is 2.38. The Morgan fingerprint density at radius 1 is 0.438 bits per heavy atom. The molecule has 0 aliphatic heterocycles. The van der Waals surface area contributed by atoms with E-state index in [-0.39, 0.29) is 0 Å². The van der Waals surface area contributed by atoms with Gasteiger partial charge in [-0.2, -0.15) is 0 Å². The molecule has 2 saturated carbocycles. The van der Waals surface area contributed by atoms with Crippen LogP contribution in [0.25, 0.3) is 0 Å². The Morgan fingerprint density at radius 2 is 0.688 bits per heavy atom. The first-order valence-electron chi connectivity index (χ1n) is 7.41. The van der Waals surface area contributed by atoms with Gasteiger partial charge in [0.2, 0.25) is 0 Å². The van der Waals surface area contributed by atoms with Gasteiger partial charge in [-0.1, -0.05) is 66.2 Å². The zero-order valence-corrected chi connectivity index (χ0v) is 12.1. The van der Waals surface area contributed by atoms with E-state index in [9.17, 15) is 0 Å². The van der Waals surface area contributed by atoms with Crippen molar-refractivity contribution >= 4 is 0 Å². The molecule has 0 heteroatoms. The summed E-state index contributed by atoms with van der Waals surface area (Å²) in [5.41, 5.74) is 1.36. The smallest absolute Gasteiger partial charge is 0.0354 e. The Kier molecular flexibility index (Phi) is 5.34. The first kappa shape index (κ1) is 14.1. The second-order valence-corrected chi connectivity index (χ2v) is 7.45. The van der Waals surface area contributed by atoms with Crippen molar-refractivity contribution in [2.45, 2.75) is 91.9 Å². The SMILES string of the molecule is CC1(C)CCCCC1.CC1(C)CCCCC1. The van der Waals surface area contributed by atoms with Crippen molar-refractivity contribution in [1.82, 2.24) is 0 Å². The largest absolute Gasteiger partial charge is 0.0599 e. The minimum absolute atomic E-state index is 0.679. The first-order valence-corrected chi connectivity index (χ1v) is 7.41. The van der Waals surface area contributed by atoms with E-state index in [0.29, 0.717) is 10.8 Å². The standard InChI is InChI=1S/2C8H16/c2*1-8(2)6-4-3-5-7-8/h2*3-7H2,1-2H3. The highest BCUT2D eigenvalue weighted by Crippen LogP contribution is 2.35. The molecule has 0 unspecified atom stereocenters. The van der Waals surface area contributed by atoms with E-state index in [1.807, 2.05) is 0 Å². The molecule has 96 valence electrons. The summed E-state index contributed by atoms with van der Waals surface area (Å²) in [6.45, 7) is 9.52. The predicted octanol–water partition coefficient (Wildman–Crippen LogP) is 5.95. The summed E-state index contributed by atoms with van der Waals surface area (Å²) >= 11 is 0. The monoisotopic (exact) mass is 224 g/mol. The Morgan fingerprint density at radius 3 is 0.812 bits per heavy atom. The van der Waals surface area contributed by atoms with Gasteiger partial charge in [0.25, 0.3) is 0 Å². The van der Waals surface area contributed by atoms with E-state index in [2.05, 4.69) is 27.7 Å². The second-order valence-electron chi connectivity index (χ2n) is 7.45. The van der Waals surface area contributed by atoms with Crippen LogP contribution in [-0.4, -0.2) is 0 Å². The molecule has 2 aliphatic carbocycles. The number of hydrogen-bond donors (Lipinski definition) is 0. The summed E-state index contributed by atoms with van der Waals surface area (Å²) in [5, 5.41) is 0. The summed E-state index contributed by atoms with van der Waals surface area (Å²) in [4.78, 5) is 0. The molecule has 0 aromatic carbocycles. The van der Waals surface area contributed by atoms with Gasteiger partial charge in [0.15, 0.2) is 0 Å². The molecule has 16 heavy (non-hydrogen) atoms. The van der Waals surface area contributed by atoms with E-state index in [4.69, 9.17) is 0 Å². The van der Waals surface area contributed by atoms with Gasteiger partial charge in [0.05, 0.1) is 0 Å². The molecule has 0 atom stereocenters. The topological polar surface area (TPSA) is 0 Å². The molecular formula is C16H32. The Bertz CT molecular complexity index is 150. The fraction of sp³-hybridized carbons (Fsp3) is 1.00. The molecule has 0 aromatic rings. The van der Waals surface area contributed by atoms with Crippen LogP contribution in [0.3, 0.4) is 0 Å². The number of rotatable bonds is 0. The second kappa shape index (κ2) is 6.07. The van der Waals surface area contributed by atoms with Crippen molar-refractivity contribution in [3.63, 3.8) is 0 Å². The molecule has 0 nitrogen and oxygen atoms in total. The molecule has 0 radical (unpaired) electrons. The zero-order valence-electron chi connectivity index (χ0n) is 12.1. The molecule has 0 aromatic heterocycles. The lowest BCUT2D eigenvalue weighted by Gasteiger charge is -2.28. The van der Waals surface area contributed by atoms with Crippen molar-refractivity contribution in [1.29, 1.82) is 0 Å². The molecule has 2 rings (SSSR count). The average molecular weight is 224 g/mol. The Labute approximate surface area is 103 Å². The van der Waals surface area contributed by atoms with Crippen molar-refractivity contribution in [2.24, 2.45) is 10.8 Å². The van der Waals surface area contributed by atoms with Crippen LogP contribution < -0.4 is 0 Å². The van der Waals surface area contributed by atoms with Crippen molar-refractivity contribution < 1.29 is 0 Å². The molecule has 0 saturated heterocycles. The molecule has 0 amide bonds. The minimum Gasteiger partial charge on any atom is -0.0599 e. The maximum atomic E-state index is 2.38. The molecule has 0 N–H and O–H groups in total. The van der Waals surface area contributed by atoms with Gasteiger partial charge in [-0.25, -0.2) is 0 Å². The molecule has 0 bridgehead atoms. The fourth-order valence-electron chi connectivity index (χ4n) is 3.02. The van der Waals surface area contributed by atoms with Gasteiger partial charge >= 0.3 is 0 Å². The Hall–Kier alpha value is 0. The lowest BCUT2D eigenvalue weighted by atomic mass is 9.78. The summed E-state index contributed by atoms with van der Waals surface area (Å²) in [6, 6.07) is 0. The van der Waals surface area contributed by atoms with Gasteiger partial charge in [-0.05, 0) is 36.5 Å². The van der Waals surface area contributed by atoms with Crippen LogP contribution in [-0.2, 0) is 0 Å².